The summed E-state index contributed by atoms with van der Waals surface area (Å²) in [4.78, 5) is 4.50. The van der Waals surface area contributed by atoms with Gasteiger partial charge < -0.3 is 0 Å². The summed E-state index contributed by atoms with van der Waals surface area (Å²) >= 11 is 1.39. The minimum atomic E-state index is -0.214. The van der Waals surface area contributed by atoms with Crippen LogP contribution in [-0.2, 0) is 6.42 Å². The monoisotopic (exact) mass is 334 g/mol. The molecule has 5 heteroatoms. The summed E-state index contributed by atoms with van der Waals surface area (Å²) in [5, 5.41) is 17.0. The van der Waals surface area contributed by atoms with E-state index in [1.54, 1.807) is 0 Å². The van der Waals surface area contributed by atoms with Crippen molar-refractivity contribution in [2.24, 2.45) is 0 Å². The summed E-state index contributed by atoms with van der Waals surface area (Å²) in [6, 6.07) is 18.7. The molecule has 0 amide bonds. The second-order valence-electron chi connectivity index (χ2n) is 5.76. The van der Waals surface area contributed by atoms with Gasteiger partial charge in [-0.2, -0.15) is 5.26 Å². The van der Waals surface area contributed by atoms with Gasteiger partial charge in [-0.05, 0) is 25.8 Å². The third-order valence-electron chi connectivity index (χ3n) is 3.72. The Bertz CT molecular complexity index is 844. The van der Waals surface area contributed by atoms with Crippen molar-refractivity contribution in [3.05, 3.63) is 65.2 Å². The van der Waals surface area contributed by atoms with Crippen molar-refractivity contribution in [1.82, 2.24) is 15.2 Å². The number of aryl methyl sites for hydroxylation is 2. The maximum Gasteiger partial charge on any atom is 0.210 e. The van der Waals surface area contributed by atoms with Crippen LogP contribution in [0.4, 0.5) is 0 Å². The van der Waals surface area contributed by atoms with Gasteiger partial charge in [0.1, 0.15) is 5.25 Å². The van der Waals surface area contributed by atoms with Crippen LogP contribution >= 0.6 is 11.8 Å². The molecule has 1 atom stereocenters. The average Bonchev–Trinajstić information content (AvgIpc) is 3.05. The first-order chi connectivity index (χ1) is 11.6. The van der Waals surface area contributed by atoms with Crippen LogP contribution in [0.25, 0.3) is 11.4 Å². The highest BCUT2D eigenvalue weighted by Gasteiger charge is 2.14. The Balaban J connectivity index is 1.69. The first-order valence-corrected chi connectivity index (χ1v) is 8.63. The SMILES string of the molecule is Cc1ccc(CC(C#N)Sc2n[nH]c(-c3ccc(C)cc3)n2)cc1. The zero-order chi connectivity index (χ0) is 16.9. The highest BCUT2D eigenvalue weighted by Crippen LogP contribution is 2.25. The van der Waals surface area contributed by atoms with Crippen LogP contribution in [0.5, 0.6) is 0 Å². The molecule has 0 spiro atoms. The van der Waals surface area contributed by atoms with Gasteiger partial charge >= 0.3 is 0 Å². The highest BCUT2D eigenvalue weighted by atomic mass is 32.2. The van der Waals surface area contributed by atoms with Gasteiger partial charge in [0.2, 0.25) is 5.16 Å². The Kier molecular flexibility index (Phi) is 4.97. The van der Waals surface area contributed by atoms with Gasteiger partial charge in [-0.1, -0.05) is 71.4 Å². The lowest BCUT2D eigenvalue weighted by atomic mass is 10.1. The number of rotatable bonds is 5. The Morgan fingerprint density at radius 2 is 1.67 bits per heavy atom. The number of benzene rings is 2. The van der Waals surface area contributed by atoms with Crippen LogP contribution in [0, 0.1) is 25.2 Å². The zero-order valence-electron chi connectivity index (χ0n) is 13.7. The number of aromatic amines is 1. The number of nitriles is 1. The molecule has 120 valence electrons. The number of nitrogens with zero attached hydrogens (tertiary/aromatic N) is 3. The van der Waals surface area contributed by atoms with E-state index in [-0.39, 0.29) is 5.25 Å². The van der Waals surface area contributed by atoms with Crippen molar-refractivity contribution >= 4 is 11.8 Å². The normalized spacial score (nSPS) is 11.9. The Hall–Kier alpha value is -2.58. The summed E-state index contributed by atoms with van der Waals surface area (Å²) < 4.78 is 0. The molecule has 0 saturated carbocycles. The molecule has 0 aliphatic rings. The molecule has 3 aromatic rings. The molecular formula is C19H18N4S. The minimum Gasteiger partial charge on any atom is -0.258 e. The van der Waals surface area contributed by atoms with E-state index in [1.165, 1.54) is 22.9 Å². The topological polar surface area (TPSA) is 65.4 Å². The van der Waals surface area contributed by atoms with Gasteiger partial charge in [-0.25, -0.2) is 4.98 Å². The third kappa shape index (κ3) is 4.03. The molecule has 0 radical (unpaired) electrons. The standard InChI is InChI=1S/C19H18N4S/c1-13-3-7-15(8-4-13)11-17(12-20)24-19-21-18(22-23-19)16-9-5-14(2)6-10-16/h3-10,17H,11H2,1-2H3,(H,21,22,23). The molecule has 3 rings (SSSR count). The molecule has 0 fully saturated rings. The van der Waals surface area contributed by atoms with Gasteiger partial charge in [0.15, 0.2) is 5.82 Å². The van der Waals surface area contributed by atoms with Gasteiger partial charge in [0.25, 0.3) is 0 Å². The lowest BCUT2D eigenvalue weighted by molar-refractivity contribution is 0.954. The zero-order valence-corrected chi connectivity index (χ0v) is 14.5. The quantitative estimate of drug-likeness (QED) is 0.706. The van der Waals surface area contributed by atoms with Crippen molar-refractivity contribution in [3.8, 4) is 17.5 Å². The van der Waals surface area contributed by atoms with Crippen LogP contribution in [0.1, 0.15) is 16.7 Å². The number of H-pyrrole nitrogens is 1. The Morgan fingerprint density at radius 1 is 1.04 bits per heavy atom. The molecular weight excluding hydrogens is 316 g/mol. The smallest absolute Gasteiger partial charge is 0.210 e. The number of aromatic nitrogens is 3. The van der Waals surface area contributed by atoms with Crippen LogP contribution in [-0.4, -0.2) is 20.4 Å². The summed E-state index contributed by atoms with van der Waals surface area (Å²) in [5.74, 6) is 0.726. The Morgan fingerprint density at radius 3 is 2.29 bits per heavy atom. The molecule has 1 unspecified atom stereocenters. The molecule has 1 heterocycles. The molecule has 0 aliphatic heterocycles. The fraction of sp³-hybridized carbons (Fsp3) is 0.211. The molecule has 24 heavy (non-hydrogen) atoms. The molecule has 0 aliphatic carbocycles. The van der Waals surface area contributed by atoms with E-state index in [9.17, 15) is 5.26 Å². The van der Waals surface area contributed by atoms with Crippen molar-refractivity contribution < 1.29 is 0 Å². The van der Waals surface area contributed by atoms with Crippen LogP contribution in [0.2, 0.25) is 0 Å². The van der Waals surface area contributed by atoms with Crippen molar-refractivity contribution in [2.45, 2.75) is 30.7 Å². The highest BCUT2D eigenvalue weighted by molar-refractivity contribution is 8.00. The summed E-state index contributed by atoms with van der Waals surface area (Å²) in [6.07, 6.45) is 0.676. The molecule has 0 bridgehead atoms. The van der Waals surface area contributed by atoms with E-state index in [1.807, 2.05) is 31.2 Å². The average molecular weight is 334 g/mol. The largest absolute Gasteiger partial charge is 0.258 e. The van der Waals surface area contributed by atoms with Gasteiger partial charge in [-0.3, -0.25) is 5.10 Å². The summed E-state index contributed by atoms with van der Waals surface area (Å²) in [7, 11) is 0. The van der Waals surface area contributed by atoms with E-state index >= 15 is 0 Å². The molecule has 0 saturated heterocycles. The van der Waals surface area contributed by atoms with Crippen LogP contribution < -0.4 is 0 Å². The van der Waals surface area contributed by atoms with E-state index in [4.69, 9.17) is 0 Å². The van der Waals surface area contributed by atoms with E-state index in [2.05, 4.69) is 52.4 Å². The van der Waals surface area contributed by atoms with Crippen molar-refractivity contribution in [3.63, 3.8) is 0 Å². The third-order valence-corrected chi connectivity index (χ3v) is 4.67. The van der Waals surface area contributed by atoms with E-state index in [0.29, 0.717) is 11.6 Å². The van der Waals surface area contributed by atoms with Crippen molar-refractivity contribution in [2.75, 3.05) is 0 Å². The van der Waals surface area contributed by atoms with Gasteiger partial charge in [-0.15, -0.1) is 5.10 Å². The summed E-state index contributed by atoms with van der Waals surface area (Å²) in [6.45, 7) is 4.11. The first kappa shape index (κ1) is 16.3. The molecule has 1 N–H and O–H groups in total. The Labute approximate surface area is 146 Å². The van der Waals surface area contributed by atoms with Gasteiger partial charge in [0, 0.05) is 5.56 Å². The second-order valence-corrected chi connectivity index (χ2v) is 6.93. The molecule has 4 nitrogen and oxygen atoms in total. The maximum absolute atomic E-state index is 9.42. The lowest BCUT2D eigenvalue weighted by Crippen LogP contribution is -2.04. The second kappa shape index (κ2) is 7.33. The number of hydrogen-bond acceptors (Lipinski definition) is 4. The minimum absolute atomic E-state index is 0.214. The fourth-order valence-corrected chi connectivity index (χ4v) is 3.14. The lowest BCUT2D eigenvalue weighted by Gasteiger charge is -2.06. The molecule has 1 aromatic heterocycles. The predicted octanol–water partition coefficient (Wildman–Crippen LogP) is 4.32. The molecule has 2 aromatic carbocycles. The number of thioether (sulfide) groups is 1. The van der Waals surface area contributed by atoms with E-state index in [0.717, 1.165) is 17.0 Å². The van der Waals surface area contributed by atoms with Crippen LogP contribution in [0.3, 0.4) is 0 Å². The number of hydrogen-bond donors (Lipinski definition) is 1. The van der Waals surface area contributed by atoms with Crippen LogP contribution in [0.15, 0.2) is 53.7 Å². The van der Waals surface area contributed by atoms with E-state index < -0.39 is 0 Å². The predicted molar refractivity (Wildman–Crippen MR) is 96.7 cm³/mol. The maximum atomic E-state index is 9.42. The first-order valence-electron chi connectivity index (χ1n) is 7.75. The fourth-order valence-electron chi connectivity index (χ4n) is 2.32. The summed E-state index contributed by atoms with van der Waals surface area (Å²) in [5.41, 5.74) is 4.56. The number of nitrogens with one attached hydrogen (secondary N) is 1. The van der Waals surface area contributed by atoms with Gasteiger partial charge in [0.05, 0.1) is 6.07 Å². The van der Waals surface area contributed by atoms with Crippen molar-refractivity contribution in [1.29, 1.82) is 5.26 Å².